The summed E-state index contributed by atoms with van der Waals surface area (Å²) in [5.41, 5.74) is 5.70. The molecule has 0 aliphatic carbocycles. The minimum atomic E-state index is -0.335. The molecule has 2 amide bonds. The number of carbonyl (C=O) groups excluding carboxylic acids is 2. The van der Waals surface area contributed by atoms with Gasteiger partial charge in [0.05, 0.1) is 0 Å². The molecule has 0 bridgehead atoms. The van der Waals surface area contributed by atoms with Crippen LogP contribution < -0.4 is 11.1 Å². The highest BCUT2D eigenvalue weighted by Gasteiger charge is 2.33. The van der Waals surface area contributed by atoms with E-state index in [1.165, 1.54) is 0 Å². The number of rotatable bonds is 1. The molecule has 0 aromatic rings. The third-order valence-corrected chi connectivity index (χ3v) is 3.39. The largest absolute Gasteiger partial charge is 0.339 e. The fraction of sp³-hybridized carbons (Fsp3) is 0.750. The molecule has 2 atom stereocenters. The molecule has 2 aliphatic heterocycles. The van der Waals surface area contributed by atoms with Gasteiger partial charge in [-0.25, -0.2) is 0 Å². The van der Waals surface area contributed by atoms with Crippen LogP contribution in [-0.4, -0.2) is 47.0 Å². The molecule has 0 aromatic carbocycles. The summed E-state index contributed by atoms with van der Waals surface area (Å²) in [6.07, 6.45) is 0.861. The first kappa shape index (κ1) is 9.79. The summed E-state index contributed by atoms with van der Waals surface area (Å²) in [6, 6.07) is -0.235. The van der Waals surface area contributed by atoms with Crippen molar-refractivity contribution in [1.82, 2.24) is 10.2 Å². The molecule has 6 heteroatoms. The number of nitrogens with two attached hydrogens (primary N) is 1. The molecule has 14 heavy (non-hydrogen) atoms. The van der Waals surface area contributed by atoms with Gasteiger partial charge in [-0.3, -0.25) is 9.59 Å². The van der Waals surface area contributed by atoms with Gasteiger partial charge in [-0.15, -0.1) is 0 Å². The first-order chi connectivity index (χ1) is 6.66. The monoisotopic (exact) mass is 215 g/mol. The van der Waals surface area contributed by atoms with Crippen molar-refractivity contribution >= 4 is 22.9 Å². The van der Waals surface area contributed by atoms with Crippen LogP contribution in [0.5, 0.6) is 0 Å². The Balaban J connectivity index is 1.92. The lowest BCUT2D eigenvalue weighted by Gasteiger charge is -2.19. The average molecular weight is 215 g/mol. The Labute approximate surface area is 86.4 Å². The molecule has 0 spiro atoms. The van der Waals surface area contributed by atoms with Gasteiger partial charge in [-0.05, 0) is 6.42 Å². The lowest BCUT2D eigenvalue weighted by Crippen LogP contribution is -2.45. The van der Waals surface area contributed by atoms with E-state index in [0.717, 1.165) is 24.7 Å². The van der Waals surface area contributed by atoms with Crippen LogP contribution in [0, 0.1) is 0 Å². The van der Waals surface area contributed by atoms with Gasteiger partial charge in [0, 0.05) is 24.9 Å². The molecule has 78 valence electrons. The van der Waals surface area contributed by atoms with Crippen LogP contribution in [0.15, 0.2) is 0 Å². The Morgan fingerprint density at radius 3 is 2.93 bits per heavy atom. The quantitative estimate of drug-likeness (QED) is 0.611. The van der Waals surface area contributed by atoms with E-state index < -0.39 is 0 Å². The first-order valence-corrected chi connectivity index (χ1v) is 5.63. The zero-order valence-corrected chi connectivity index (χ0v) is 8.55. The lowest BCUT2D eigenvalue weighted by atomic mass is 10.3. The molecule has 0 aromatic heterocycles. The van der Waals surface area contributed by atoms with Crippen molar-refractivity contribution < 1.29 is 9.59 Å². The van der Waals surface area contributed by atoms with Crippen LogP contribution >= 0.6 is 11.8 Å². The number of hydrogen-bond donors (Lipinski definition) is 2. The second-order valence-corrected chi connectivity index (χ2v) is 4.62. The number of carbonyl (C=O) groups is 2. The van der Waals surface area contributed by atoms with Gasteiger partial charge in [0.15, 0.2) is 0 Å². The van der Waals surface area contributed by atoms with Crippen LogP contribution in [0.1, 0.15) is 6.42 Å². The average Bonchev–Trinajstić information content (AvgIpc) is 2.73. The molecule has 2 heterocycles. The minimum Gasteiger partial charge on any atom is -0.339 e. The zero-order chi connectivity index (χ0) is 10.1. The van der Waals surface area contributed by atoms with Crippen LogP contribution in [-0.2, 0) is 4.79 Å². The van der Waals surface area contributed by atoms with Gasteiger partial charge < -0.3 is 16.0 Å². The van der Waals surface area contributed by atoms with Gasteiger partial charge in [-0.1, -0.05) is 11.8 Å². The van der Waals surface area contributed by atoms with Crippen molar-refractivity contribution in [2.24, 2.45) is 5.73 Å². The van der Waals surface area contributed by atoms with Crippen molar-refractivity contribution in [3.05, 3.63) is 0 Å². The summed E-state index contributed by atoms with van der Waals surface area (Å²) in [5.74, 6) is 0.556. The van der Waals surface area contributed by atoms with Crippen LogP contribution in [0.25, 0.3) is 0 Å². The lowest BCUT2D eigenvalue weighted by molar-refractivity contribution is -0.131. The maximum Gasteiger partial charge on any atom is 0.279 e. The second-order valence-electron chi connectivity index (χ2n) is 3.63. The van der Waals surface area contributed by atoms with Crippen molar-refractivity contribution in [3.8, 4) is 0 Å². The highest BCUT2D eigenvalue weighted by Crippen LogP contribution is 2.17. The van der Waals surface area contributed by atoms with Crippen molar-refractivity contribution in [3.63, 3.8) is 0 Å². The fourth-order valence-electron chi connectivity index (χ4n) is 1.73. The van der Waals surface area contributed by atoms with E-state index in [9.17, 15) is 9.59 Å². The Bertz CT molecular complexity index is 271. The summed E-state index contributed by atoms with van der Waals surface area (Å²) >= 11 is 1.16. The second kappa shape index (κ2) is 3.78. The molecule has 0 radical (unpaired) electrons. The van der Waals surface area contributed by atoms with Crippen LogP contribution in [0.4, 0.5) is 4.79 Å². The minimum absolute atomic E-state index is 0.0105. The van der Waals surface area contributed by atoms with E-state index in [-0.39, 0.29) is 23.2 Å². The smallest absolute Gasteiger partial charge is 0.279 e. The van der Waals surface area contributed by atoms with E-state index in [1.807, 2.05) is 0 Å². The molecular formula is C8H13N3O2S. The predicted octanol–water partition coefficient (Wildman–Crippen LogP) is -0.629. The normalized spacial score (nSPS) is 32.1. The fourth-order valence-corrected chi connectivity index (χ4v) is 2.50. The summed E-state index contributed by atoms with van der Waals surface area (Å²) in [4.78, 5) is 24.4. The van der Waals surface area contributed by atoms with Gasteiger partial charge in [0.25, 0.3) is 5.24 Å². The van der Waals surface area contributed by atoms with E-state index in [0.29, 0.717) is 12.3 Å². The van der Waals surface area contributed by atoms with E-state index in [2.05, 4.69) is 5.32 Å². The molecule has 2 rings (SSSR count). The molecule has 5 nitrogen and oxygen atoms in total. The number of hydrogen-bond acceptors (Lipinski definition) is 4. The maximum absolute atomic E-state index is 11.8. The standard InChI is InChI=1S/C8H13N3O2S/c9-5-1-2-11(3-5)7(12)6-4-14-8(13)10-6/h5-6H,1-4,9H2,(H,10,13)/t5-,6-/m0/s1. The van der Waals surface area contributed by atoms with Crippen molar-refractivity contribution in [2.75, 3.05) is 18.8 Å². The summed E-state index contributed by atoms with van der Waals surface area (Å²) in [6.45, 7) is 1.34. The number of nitrogens with one attached hydrogen (secondary N) is 1. The number of nitrogens with zero attached hydrogens (tertiary/aromatic N) is 1. The molecule has 3 N–H and O–H groups in total. The van der Waals surface area contributed by atoms with Gasteiger partial charge in [0.2, 0.25) is 5.91 Å². The Morgan fingerprint density at radius 1 is 1.64 bits per heavy atom. The molecule has 2 fully saturated rings. The number of amides is 2. The Morgan fingerprint density at radius 2 is 2.43 bits per heavy atom. The van der Waals surface area contributed by atoms with Gasteiger partial charge >= 0.3 is 0 Å². The summed E-state index contributed by atoms with van der Waals surface area (Å²) < 4.78 is 0. The molecule has 0 saturated carbocycles. The number of thioether (sulfide) groups is 1. The van der Waals surface area contributed by atoms with Gasteiger partial charge in [0.1, 0.15) is 6.04 Å². The van der Waals surface area contributed by atoms with Crippen LogP contribution in [0.3, 0.4) is 0 Å². The molecule has 2 aliphatic rings. The van der Waals surface area contributed by atoms with Gasteiger partial charge in [-0.2, -0.15) is 0 Å². The highest BCUT2D eigenvalue weighted by atomic mass is 32.2. The third kappa shape index (κ3) is 1.85. The predicted molar refractivity (Wildman–Crippen MR) is 54.0 cm³/mol. The SMILES string of the molecule is N[C@H]1CCN(C(=O)[C@@H]2CSC(=O)N2)C1. The molecule has 0 unspecified atom stereocenters. The molecular weight excluding hydrogens is 202 g/mol. The Kier molecular flexibility index (Phi) is 2.64. The van der Waals surface area contributed by atoms with Crippen molar-refractivity contribution in [2.45, 2.75) is 18.5 Å². The van der Waals surface area contributed by atoms with E-state index in [1.54, 1.807) is 4.90 Å². The zero-order valence-electron chi connectivity index (χ0n) is 7.73. The topological polar surface area (TPSA) is 75.4 Å². The third-order valence-electron chi connectivity index (χ3n) is 2.51. The molecule has 2 saturated heterocycles. The summed E-state index contributed by atoms with van der Waals surface area (Å²) in [7, 11) is 0. The maximum atomic E-state index is 11.8. The van der Waals surface area contributed by atoms with E-state index in [4.69, 9.17) is 5.73 Å². The summed E-state index contributed by atoms with van der Waals surface area (Å²) in [5, 5.41) is 2.53. The van der Waals surface area contributed by atoms with Crippen molar-refractivity contribution in [1.29, 1.82) is 0 Å². The highest BCUT2D eigenvalue weighted by molar-refractivity contribution is 8.14. The first-order valence-electron chi connectivity index (χ1n) is 4.64. The van der Waals surface area contributed by atoms with Crippen LogP contribution in [0.2, 0.25) is 0 Å². The van der Waals surface area contributed by atoms with E-state index >= 15 is 0 Å². The number of likely N-dealkylation sites (tertiary alicyclic amines) is 1. The Hall–Kier alpha value is -0.750.